The second kappa shape index (κ2) is 11.3. The number of ether oxygens (including phenoxy) is 2. The van der Waals surface area contributed by atoms with Crippen molar-refractivity contribution in [1.82, 2.24) is 9.88 Å². The van der Waals surface area contributed by atoms with E-state index in [-0.39, 0.29) is 35.7 Å². The highest BCUT2D eigenvalue weighted by Crippen LogP contribution is 2.33. The Labute approximate surface area is 228 Å². The molecule has 3 heterocycles. The van der Waals surface area contributed by atoms with Crippen LogP contribution in [0.5, 0.6) is 5.75 Å². The van der Waals surface area contributed by atoms with Gasteiger partial charge in [0.05, 0.1) is 29.6 Å². The highest BCUT2D eigenvalue weighted by atomic mass is 19.4. The van der Waals surface area contributed by atoms with Crippen LogP contribution in [-0.2, 0) is 16.0 Å². The number of hydrogen-bond acceptors (Lipinski definition) is 6. The molecule has 1 aromatic heterocycles. The first-order valence-corrected chi connectivity index (χ1v) is 12.9. The third kappa shape index (κ3) is 6.65. The average molecular weight is 558 g/mol. The van der Waals surface area contributed by atoms with Gasteiger partial charge in [-0.1, -0.05) is 18.2 Å². The van der Waals surface area contributed by atoms with Gasteiger partial charge in [0.2, 0.25) is 5.91 Å². The lowest BCUT2D eigenvalue weighted by Gasteiger charge is -2.35. The van der Waals surface area contributed by atoms with Crippen LogP contribution in [0.3, 0.4) is 0 Å². The van der Waals surface area contributed by atoms with Crippen molar-refractivity contribution < 1.29 is 36.6 Å². The number of hydrogen-bond donors (Lipinski definition) is 1. The molecule has 0 radical (unpaired) electrons. The van der Waals surface area contributed by atoms with E-state index in [1.54, 1.807) is 31.2 Å². The molecule has 0 spiro atoms. The molecular weight excluding hydrogens is 530 g/mol. The summed E-state index contributed by atoms with van der Waals surface area (Å²) in [7, 11) is 0. The average Bonchev–Trinajstić information content (AvgIpc) is 3.26. The minimum atomic E-state index is -4.97. The van der Waals surface area contributed by atoms with Gasteiger partial charge < -0.3 is 14.8 Å². The Morgan fingerprint density at radius 1 is 1.10 bits per heavy atom. The summed E-state index contributed by atoms with van der Waals surface area (Å²) >= 11 is 0. The Morgan fingerprint density at radius 3 is 2.50 bits per heavy atom. The Bertz CT molecular complexity index is 1380. The fourth-order valence-electron chi connectivity index (χ4n) is 5.03. The number of fused-ring (bicyclic) bond motifs is 2. The van der Waals surface area contributed by atoms with Crippen LogP contribution in [-0.4, -0.2) is 59.3 Å². The lowest BCUT2D eigenvalue weighted by molar-refractivity contribution is -0.274. The van der Waals surface area contributed by atoms with E-state index in [4.69, 9.17) is 4.74 Å². The maximum absolute atomic E-state index is 13.5. The molecule has 210 valence electrons. The van der Waals surface area contributed by atoms with Crippen LogP contribution in [0.4, 0.5) is 23.2 Å². The van der Waals surface area contributed by atoms with Gasteiger partial charge in [-0.2, -0.15) is 0 Å². The van der Waals surface area contributed by atoms with Crippen molar-refractivity contribution in [3.05, 3.63) is 77.7 Å². The van der Waals surface area contributed by atoms with E-state index in [0.717, 1.165) is 18.9 Å². The van der Waals surface area contributed by atoms with Gasteiger partial charge in [-0.05, 0) is 61.7 Å². The van der Waals surface area contributed by atoms with Gasteiger partial charge in [0.25, 0.3) is 0 Å². The molecule has 1 N–H and O–H groups in total. The Morgan fingerprint density at radius 2 is 1.85 bits per heavy atom. The number of carbonyl (C=O) groups excluding carboxylic acids is 2. The van der Waals surface area contributed by atoms with Crippen molar-refractivity contribution in [3.63, 3.8) is 0 Å². The summed E-state index contributed by atoms with van der Waals surface area (Å²) in [6.45, 7) is 2.83. The van der Waals surface area contributed by atoms with E-state index >= 15 is 0 Å². The number of anilines is 1. The fraction of sp³-hybridized carbons (Fsp3) is 0.345. The number of halogens is 4. The first-order chi connectivity index (χ1) is 19.0. The number of Topliss-reactive ketones (excluding diaryl/α,β-unsaturated/α-hetero) is 1. The third-order valence-corrected chi connectivity index (χ3v) is 7.10. The zero-order valence-corrected chi connectivity index (χ0v) is 21.6. The van der Waals surface area contributed by atoms with Gasteiger partial charge in [-0.15, -0.1) is 13.2 Å². The lowest BCUT2D eigenvalue weighted by atomic mass is 10.0. The molecule has 1 amide bonds. The third-order valence-electron chi connectivity index (χ3n) is 7.10. The predicted octanol–water partition coefficient (Wildman–Crippen LogP) is 5.40. The summed E-state index contributed by atoms with van der Waals surface area (Å²) in [4.78, 5) is 32.2. The summed E-state index contributed by atoms with van der Waals surface area (Å²) in [6.07, 6.45) is -1.84. The molecule has 5 rings (SSSR count). The molecule has 3 atom stereocenters. The van der Waals surface area contributed by atoms with Crippen LogP contribution >= 0.6 is 0 Å². The number of carbonyl (C=O) groups is 2. The normalized spacial score (nSPS) is 19.7. The monoisotopic (exact) mass is 557 g/mol. The van der Waals surface area contributed by atoms with Crippen molar-refractivity contribution in [2.75, 3.05) is 18.4 Å². The molecule has 2 bridgehead atoms. The molecule has 3 aromatic rings. The number of rotatable bonds is 8. The second-order valence-corrected chi connectivity index (χ2v) is 10.00. The summed E-state index contributed by atoms with van der Waals surface area (Å²) in [5.74, 6) is -1.81. The lowest BCUT2D eigenvalue weighted by Crippen LogP contribution is -2.51. The molecule has 0 aliphatic carbocycles. The molecule has 0 saturated carbocycles. The maximum atomic E-state index is 13.5. The van der Waals surface area contributed by atoms with Crippen molar-refractivity contribution in [3.8, 4) is 17.0 Å². The number of nitrogens with zero attached hydrogens (tertiary/aromatic N) is 2. The molecule has 2 aromatic carbocycles. The van der Waals surface area contributed by atoms with Crippen molar-refractivity contribution in [2.24, 2.45) is 0 Å². The number of nitrogens with one attached hydrogen (secondary N) is 1. The molecule has 40 heavy (non-hydrogen) atoms. The summed E-state index contributed by atoms with van der Waals surface area (Å²) in [5, 5.41) is 2.56. The van der Waals surface area contributed by atoms with Crippen LogP contribution in [0.2, 0.25) is 0 Å². The minimum Gasteiger partial charge on any atom is -0.404 e. The van der Waals surface area contributed by atoms with E-state index < -0.39 is 29.9 Å². The van der Waals surface area contributed by atoms with Gasteiger partial charge in [0.15, 0.2) is 11.5 Å². The minimum absolute atomic E-state index is 0.0462. The Kier molecular flexibility index (Phi) is 7.86. The van der Waals surface area contributed by atoms with E-state index in [1.165, 1.54) is 30.5 Å². The van der Waals surface area contributed by atoms with Crippen LogP contribution < -0.4 is 10.1 Å². The highest BCUT2D eigenvalue weighted by Gasteiger charge is 2.38. The molecule has 2 fully saturated rings. The first-order valence-electron chi connectivity index (χ1n) is 12.9. The Balaban J connectivity index is 1.31. The van der Waals surface area contributed by atoms with Gasteiger partial charge >= 0.3 is 6.36 Å². The van der Waals surface area contributed by atoms with E-state index in [2.05, 4.69) is 15.0 Å². The Hall–Kier alpha value is -3.83. The SMILES string of the molecule is CC(C(=O)Nc1cc(CC(=O)c2ccc(-c3cccc(F)c3)nc2)ccc1OC(F)(F)F)N1CC2CCC(C1)O2. The van der Waals surface area contributed by atoms with E-state index in [1.807, 2.05) is 4.90 Å². The van der Waals surface area contributed by atoms with Gasteiger partial charge in [0.1, 0.15) is 5.82 Å². The molecule has 7 nitrogen and oxygen atoms in total. The number of morpholine rings is 1. The predicted molar refractivity (Wildman–Crippen MR) is 138 cm³/mol. The molecule has 11 heteroatoms. The number of amides is 1. The van der Waals surface area contributed by atoms with E-state index in [9.17, 15) is 27.2 Å². The number of alkyl halides is 3. The van der Waals surface area contributed by atoms with Crippen LogP contribution in [0.15, 0.2) is 60.8 Å². The smallest absolute Gasteiger partial charge is 0.404 e. The molecule has 2 saturated heterocycles. The first kappa shape index (κ1) is 27.7. The van der Waals surface area contributed by atoms with Crippen LogP contribution in [0.1, 0.15) is 35.7 Å². The van der Waals surface area contributed by atoms with Crippen LogP contribution in [0.25, 0.3) is 11.3 Å². The number of likely N-dealkylation sites (tertiary alicyclic amines) is 1. The van der Waals surface area contributed by atoms with Crippen LogP contribution in [0, 0.1) is 5.82 Å². The van der Waals surface area contributed by atoms with Crippen molar-refractivity contribution >= 4 is 17.4 Å². The fourth-order valence-corrected chi connectivity index (χ4v) is 5.03. The maximum Gasteiger partial charge on any atom is 0.573 e. The van der Waals surface area contributed by atoms with Gasteiger partial charge in [-0.3, -0.25) is 19.5 Å². The molecule has 2 aliphatic heterocycles. The largest absolute Gasteiger partial charge is 0.573 e. The standard InChI is InChI=1S/C29H27F4N3O4/c1-17(36-15-22-7-8-23(16-36)39-22)28(38)35-25-11-18(5-10-27(25)40-29(31,32)33)12-26(37)20-6-9-24(34-14-20)19-3-2-4-21(30)13-19/h2-6,9-11,13-14,17,22-23H,7-8,12,15-16H2,1H3,(H,35,38). The zero-order chi connectivity index (χ0) is 28.4. The van der Waals surface area contributed by atoms with Crippen molar-refractivity contribution in [2.45, 2.75) is 50.8 Å². The summed E-state index contributed by atoms with van der Waals surface area (Å²) in [5.41, 5.74) is 1.50. The van der Waals surface area contributed by atoms with Crippen molar-refractivity contribution in [1.29, 1.82) is 0 Å². The highest BCUT2D eigenvalue weighted by molar-refractivity contribution is 5.98. The molecule has 3 unspecified atom stereocenters. The quantitative estimate of drug-likeness (QED) is 0.295. The number of aromatic nitrogens is 1. The summed E-state index contributed by atoms with van der Waals surface area (Å²) < 4.78 is 62.7. The second-order valence-electron chi connectivity index (χ2n) is 10.00. The zero-order valence-electron chi connectivity index (χ0n) is 21.6. The number of pyridine rings is 1. The van der Waals surface area contributed by atoms with E-state index in [0.29, 0.717) is 29.9 Å². The topological polar surface area (TPSA) is 80.8 Å². The molecule has 2 aliphatic rings. The molecular formula is C29H27F4N3O4. The van der Waals surface area contributed by atoms with Gasteiger partial charge in [0, 0.05) is 36.8 Å². The number of benzene rings is 2. The van der Waals surface area contributed by atoms with Gasteiger partial charge in [-0.25, -0.2) is 4.39 Å². The summed E-state index contributed by atoms with van der Waals surface area (Å²) in [6, 6.07) is 12.1. The number of ketones is 1.